The second-order valence-electron chi connectivity index (χ2n) is 3.16. The standard InChI is InChI=1S/C10H7BrCl2N4O/c1-18-10-16-8(13)15-9(17-10)14-7-3-2-5(12)4-6(7)11/h2-4H,1H3,(H,14,15,16,17). The minimum absolute atomic E-state index is 0.0504. The van der Waals surface area contributed by atoms with Crippen LogP contribution in [-0.4, -0.2) is 22.1 Å². The Morgan fingerprint density at radius 2 is 2.00 bits per heavy atom. The predicted molar refractivity (Wildman–Crippen MR) is 73.8 cm³/mol. The highest BCUT2D eigenvalue weighted by atomic mass is 79.9. The molecule has 0 atom stereocenters. The van der Waals surface area contributed by atoms with Gasteiger partial charge >= 0.3 is 6.01 Å². The van der Waals surface area contributed by atoms with Crippen LogP contribution in [-0.2, 0) is 0 Å². The fraction of sp³-hybridized carbons (Fsp3) is 0.100. The van der Waals surface area contributed by atoms with Gasteiger partial charge in [-0.3, -0.25) is 0 Å². The Morgan fingerprint density at radius 3 is 2.67 bits per heavy atom. The van der Waals surface area contributed by atoms with Gasteiger partial charge in [0.15, 0.2) is 0 Å². The monoisotopic (exact) mass is 348 g/mol. The third-order valence-electron chi connectivity index (χ3n) is 1.95. The summed E-state index contributed by atoms with van der Waals surface area (Å²) in [5.41, 5.74) is 0.753. The average molecular weight is 350 g/mol. The van der Waals surface area contributed by atoms with Crippen LogP contribution in [0.25, 0.3) is 0 Å². The van der Waals surface area contributed by atoms with Crippen molar-refractivity contribution in [2.24, 2.45) is 0 Å². The molecule has 94 valence electrons. The van der Waals surface area contributed by atoms with Crippen LogP contribution >= 0.6 is 39.1 Å². The van der Waals surface area contributed by atoms with Crippen molar-refractivity contribution in [3.63, 3.8) is 0 Å². The summed E-state index contributed by atoms with van der Waals surface area (Å²) in [6.45, 7) is 0. The van der Waals surface area contributed by atoms with Crippen LogP contribution in [0.2, 0.25) is 10.3 Å². The van der Waals surface area contributed by atoms with Crippen LogP contribution in [0, 0.1) is 0 Å². The van der Waals surface area contributed by atoms with E-state index < -0.39 is 0 Å². The van der Waals surface area contributed by atoms with Crippen molar-refractivity contribution in [2.75, 3.05) is 12.4 Å². The minimum atomic E-state index is 0.0504. The van der Waals surface area contributed by atoms with Gasteiger partial charge in [-0.15, -0.1) is 0 Å². The number of aromatic nitrogens is 3. The number of benzene rings is 1. The molecule has 1 N–H and O–H groups in total. The summed E-state index contributed by atoms with van der Waals surface area (Å²) in [6.07, 6.45) is 0. The fourth-order valence-electron chi connectivity index (χ4n) is 1.19. The summed E-state index contributed by atoms with van der Waals surface area (Å²) in [5, 5.41) is 3.66. The molecule has 1 aromatic carbocycles. The first-order chi connectivity index (χ1) is 8.58. The van der Waals surface area contributed by atoms with Gasteiger partial charge in [-0.25, -0.2) is 0 Å². The molecular weight excluding hydrogens is 343 g/mol. The van der Waals surface area contributed by atoms with Gasteiger partial charge < -0.3 is 10.1 Å². The third-order valence-corrected chi connectivity index (χ3v) is 3.01. The SMILES string of the molecule is COc1nc(Cl)nc(Nc2ccc(Cl)cc2Br)n1. The van der Waals surface area contributed by atoms with Crippen LogP contribution in [0.15, 0.2) is 22.7 Å². The first kappa shape index (κ1) is 13.3. The van der Waals surface area contributed by atoms with Gasteiger partial charge in [0.25, 0.3) is 0 Å². The molecule has 0 spiro atoms. The molecule has 0 aliphatic rings. The minimum Gasteiger partial charge on any atom is -0.467 e. The number of halogens is 3. The van der Waals surface area contributed by atoms with E-state index in [-0.39, 0.29) is 17.2 Å². The number of hydrogen-bond acceptors (Lipinski definition) is 5. The van der Waals surface area contributed by atoms with Crippen molar-refractivity contribution in [1.29, 1.82) is 0 Å². The van der Waals surface area contributed by atoms with Gasteiger partial charge in [0.2, 0.25) is 11.2 Å². The highest BCUT2D eigenvalue weighted by molar-refractivity contribution is 9.10. The van der Waals surface area contributed by atoms with Crippen LogP contribution in [0.4, 0.5) is 11.6 Å². The summed E-state index contributed by atoms with van der Waals surface area (Å²) in [6, 6.07) is 5.43. The van der Waals surface area contributed by atoms with Crippen molar-refractivity contribution < 1.29 is 4.74 Å². The van der Waals surface area contributed by atoms with Crippen molar-refractivity contribution in [1.82, 2.24) is 15.0 Å². The number of rotatable bonds is 3. The van der Waals surface area contributed by atoms with Crippen LogP contribution in [0.1, 0.15) is 0 Å². The molecule has 0 amide bonds. The number of methoxy groups -OCH3 is 1. The second-order valence-corrected chi connectivity index (χ2v) is 4.79. The summed E-state index contributed by atoms with van der Waals surface area (Å²) in [4.78, 5) is 11.7. The Kier molecular flexibility index (Phi) is 4.21. The van der Waals surface area contributed by atoms with Crippen molar-refractivity contribution in [3.8, 4) is 6.01 Å². The molecule has 5 nitrogen and oxygen atoms in total. The van der Waals surface area contributed by atoms with E-state index in [9.17, 15) is 0 Å². The normalized spacial score (nSPS) is 10.2. The number of nitrogens with zero attached hydrogens (tertiary/aromatic N) is 3. The maximum atomic E-state index is 5.85. The molecule has 8 heteroatoms. The van der Waals surface area contributed by atoms with Gasteiger partial charge in [0.05, 0.1) is 12.8 Å². The number of nitrogens with one attached hydrogen (secondary N) is 1. The molecule has 2 rings (SSSR count). The highest BCUT2D eigenvalue weighted by Crippen LogP contribution is 2.28. The molecule has 2 aromatic rings. The maximum absolute atomic E-state index is 5.85. The first-order valence-corrected chi connectivity index (χ1v) is 6.31. The molecule has 18 heavy (non-hydrogen) atoms. The van der Waals surface area contributed by atoms with E-state index in [0.717, 1.165) is 10.2 Å². The number of hydrogen-bond donors (Lipinski definition) is 1. The Labute approximate surface area is 122 Å². The van der Waals surface area contributed by atoms with E-state index in [2.05, 4.69) is 36.2 Å². The van der Waals surface area contributed by atoms with E-state index >= 15 is 0 Å². The molecule has 1 heterocycles. The zero-order chi connectivity index (χ0) is 13.1. The van der Waals surface area contributed by atoms with Gasteiger partial charge in [-0.1, -0.05) is 11.6 Å². The molecule has 0 unspecified atom stereocenters. The smallest absolute Gasteiger partial charge is 0.322 e. The lowest BCUT2D eigenvalue weighted by atomic mass is 10.3. The van der Waals surface area contributed by atoms with E-state index in [0.29, 0.717) is 5.02 Å². The lowest BCUT2D eigenvalue weighted by Gasteiger charge is -2.08. The largest absolute Gasteiger partial charge is 0.467 e. The zero-order valence-electron chi connectivity index (χ0n) is 9.12. The van der Waals surface area contributed by atoms with Crippen molar-refractivity contribution in [3.05, 3.63) is 33.0 Å². The van der Waals surface area contributed by atoms with E-state index in [1.807, 2.05) is 0 Å². The maximum Gasteiger partial charge on any atom is 0.322 e. The van der Waals surface area contributed by atoms with Gasteiger partial charge in [0.1, 0.15) is 0 Å². The number of ether oxygens (including phenoxy) is 1. The Bertz CT molecular complexity index is 582. The molecule has 1 aromatic heterocycles. The molecule has 0 saturated carbocycles. The quantitative estimate of drug-likeness (QED) is 0.915. The lowest BCUT2D eigenvalue weighted by Crippen LogP contribution is -2.02. The Balaban J connectivity index is 2.30. The zero-order valence-corrected chi connectivity index (χ0v) is 12.2. The van der Waals surface area contributed by atoms with Gasteiger partial charge in [0, 0.05) is 9.50 Å². The summed E-state index contributed by atoms with van der Waals surface area (Å²) in [5.74, 6) is 0.287. The summed E-state index contributed by atoms with van der Waals surface area (Å²) < 4.78 is 5.69. The van der Waals surface area contributed by atoms with Crippen molar-refractivity contribution in [2.45, 2.75) is 0 Å². The van der Waals surface area contributed by atoms with Crippen LogP contribution in [0.3, 0.4) is 0 Å². The predicted octanol–water partition coefficient (Wildman–Crippen LogP) is 3.69. The Morgan fingerprint density at radius 1 is 1.22 bits per heavy atom. The van der Waals surface area contributed by atoms with Gasteiger partial charge in [-0.05, 0) is 45.7 Å². The molecule has 0 bridgehead atoms. The average Bonchev–Trinajstić information content (AvgIpc) is 2.32. The molecule has 0 saturated heterocycles. The van der Waals surface area contributed by atoms with E-state index in [1.165, 1.54) is 7.11 Å². The second kappa shape index (κ2) is 5.69. The molecule has 0 aliphatic carbocycles. The summed E-state index contributed by atoms with van der Waals surface area (Å²) in [7, 11) is 1.45. The fourth-order valence-corrected chi connectivity index (χ4v) is 2.12. The topological polar surface area (TPSA) is 59.9 Å². The van der Waals surface area contributed by atoms with E-state index in [4.69, 9.17) is 27.9 Å². The first-order valence-electron chi connectivity index (χ1n) is 4.76. The molecule has 0 aliphatic heterocycles. The van der Waals surface area contributed by atoms with Gasteiger partial charge in [-0.2, -0.15) is 15.0 Å². The van der Waals surface area contributed by atoms with Crippen LogP contribution in [0.5, 0.6) is 6.01 Å². The van der Waals surface area contributed by atoms with Crippen LogP contribution < -0.4 is 10.1 Å². The third kappa shape index (κ3) is 3.22. The Hall–Kier alpha value is -1.11. The summed E-state index contributed by atoms with van der Waals surface area (Å²) >= 11 is 15.0. The number of anilines is 2. The molecule has 0 radical (unpaired) electrons. The van der Waals surface area contributed by atoms with E-state index in [1.54, 1.807) is 18.2 Å². The molecule has 0 fully saturated rings. The lowest BCUT2D eigenvalue weighted by molar-refractivity contribution is 0.379. The highest BCUT2D eigenvalue weighted by Gasteiger charge is 2.07. The molecular formula is C10H7BrCl2N4O. The van der Waals surface area contributed by atoms with Crippen molar-refractivity contribution >= 4 is 50.8 Å².